The van der Waals surface area contributed by atoms with Gasteiger partial charge < -0.3 is 35.6 Å². The van der Waals surface area contributed by atoms with Crippen LogP contribution < -0.4 is 20.7 Å². The molecule has 3 unspecified atom stereocenters. The molecule has 6 atom stereocenters. The molecule has 3 saturated heterocycles. The van der Waals surface area contributed by atoms with Crippen molar-refractivity contribution in [2.24, 2.45) is 16.2 Å². The van der Waals surface area contributed by atoms with Gasteiger partial charge in [-0.1, -0.05) is 84.3 Å². The number of pyridine rings is 1. The highest BCUT2D eigenvalue weighted by molar-refractivity contribution is 7.13. The van der Waals surface area contributed by atoms with E-state index in [1.165, 1.54) is 4.90 Å². The molecule has 384 valence electrons. The molecule has 4 aliphatic rings. The number of benzene rings is 2. The Morgan fingerprint density at radius 1 is 0.972 bits per heavy atom. The SMILES string of the molecule is Cc1ncsc1-c1ccc([C@H](C)NC(=O)[C@@H]2C[C@@H](O)CN2C(=O)C(NC(=O)CN2C3CCC2CN(CCCc2ccc(C(=O)NC4C(C)(C)C(Oc5ccc(C#N)c(Cl)c5)C4(C)C)cn2)C3)C(C)(C)C)cc1. The van der Waals surface area contributed by atoms with E-state index in [-0.39, 0.29) is 84.2 Å². The van der Waals surface area contributed by atoms with Crippen molar-refractivity contribution in [3.63, 3.8) is 0 Å². The van der Waals surface area contributed by atoms with Crippen LogP contribution in [0.15, 0.2) is 66.3 Å². The number of nitrogens with one attached hydrogen (secondary N) is 3. The normalized spacial score (nSPS) is 24.4. The highest BCUT2D eigenvalue weighted by Crippen LogP contribution is 2.55. The van der Waals surface area contributed by atoms with Gasteiger partial charge >= 0.3 is 0 Å². The molecule has 3 aliphatic heterocycles. The van der Waals surface area contributed by atoms with Crippen LogP contribution in [0.2, 0.25) is 5.02 Å². The molecule has 72 heavy (non-hydrogen) atoms. The van der Waals surface area contributed by atoms with Crippen LogP contribution in [-0.4, -0.2) is 129 Å². The van der Waals surface area contributed by atoms with Crippen LogP contribution >= 0.6 is 22.9 Å². The monoisotopic (exact) mass is 1020 g/mol. The fourth-order valence-corrected chi connectivity index (χ4v) is 12.9. The van der Waals surface area contributed by atoms with Crippen LogP contribution in [0, 0.1) is 34.5 Å². The van der Waals surface area contributed by atoms with E-state index in [2.05, 4.69) is 69.5 Å². The number of ether oxygens (including phenoxy) is 1. The minimum atomic E-state index is -0.903. The summed E-state index contributed by atoms with van der Waals surface area (Å²) >= 11 is 7.85. The van der Waals surface area contributed by atoms with Gasteiger partial charge in [-0.2, -0.15) is 5.26 Å². The molecule has 1 saturated carbocycles. The molecule has 4 aromatic rings. The predicted octanol–water partition coefficient (Wildman–Crippen LogP) is 7.10. The average Bonchev–Trinajstić information content (AvgIpc) is 4.01. The van der Waals surface area contributed by atoms with Crippen molar-refractivity contribution in [1.82, 2.24) is 40.6 Å². The number of nitrogens with zero attached hydrogens (tertiary/aromatic N) is 6. The smallest absolute Gasteiger partial charge is 0.253 e. The second-order valence-electron chi connectivity index (χ2n) is 22.6. The van der Waals surface area contributed by atoms with Crippen molar-refractivity contribution in [1.29, 1.82) is 5.26 Å². The lowest BCUT2D eigenvalue weighted by atomic mass is 9.49. The molecule has 5 heterocycles. The third-order valence-electron chi connectivity index (χ3n) is 15.5. The molecule has 17 heteroatoms. The van der Waals surface area contributed by atoms with E-state index in [0.29, 0.717) is 21.9 Å². The Balaban J connectivity index is 0.790. The number of likely N-dealkylation sites (tertiary alicyclic amines) is 2. The number of carbonyl (C=O) groups excluding carboxylic acids is 4. The number of hydrogen-bond donors (Lipinski definition) is 4. The zero-order chi connectivity index (χ0) is 51.9. The van der Waals surface area contributed by atoms with Crippen molar-refractivity contribution in [3.05, 3.63) is 99.4 Å². The average molecular weight is 1020 g/mol. The van der Waals surface area contributed by atoms with E-state index >= 15 is 0 Å². The number of fused-ring (bicyclic) bond motifs is 2. The maximum Gasteiger partial charge on any atom is 0.253 e. The number of aryl methyl sites for hydroxylation is 2. The predicted molar refractivity (Wildman–Crippen MR) is 278 cm³/mol. The quantitative estimate of drug-likeness (QED) is 0.0895. The lowest BCUT2D eigenvalue weighted by Crippen LogP contribution is -2.74. The summed E-state index contributed by atoms with van der Waals surface area (Å²) in [5, 5.41) is 29.8. The topological polar surface area (TPSA) is 193 Å². The van der Waals surface area contributed by atoms with Crippen LogP contribution in [0.25, 0.3) is 10.4 Å². The number of hydrogen-bond acceptors (Lipinski definition) is 12. The van der Waals surface area contributed by atoms with Crippen LogP contribution in [0.3, 0.4) is 0 Å². The molecule has 4 N–H and O–H groups in total. The Labute approximate surface area is 433 Å². The number of β-amino-alcohol motifs (C(OH)–C–C–N with tert-alkyl or cyclic N) is 1. The van der Waals surface area contributed by atoms with E-state index < -0.39 is 23.6 Å². The number of rotatable bonds is 16. The second-order valence-corrected chi connectivity index (χ2v) is 23.9. The van der Waals surface area contributed by atoms with Gasteiger partial charge in [0.2, 0.25) is 17.7 Å². The maximum absolute atomic E-state index is 14.4. The summed E-state index contributed by atoms with van der Waals surface area (Å²) in [6.07, 6.45) is 4.34. The largest absolute Gasteiger partial charge is 0.489 e. The lowest BCUT2D eigenvalue weighted by molar-refractivity contribution is -0.164. The Morgan fingerprint density at radius 3 is 2.26 bits per heavy atom. The molecule has 0 radical (unpaired) electrons. The van der Waals surface area contributed by atoms with Gasteiger partial charge in [-0.05, 0) is 86.9 Å². The number of aromatic nitrogens is 2. The zero-order valence-corrected chi connectivity index (χ0v) is 44.6. The van der Waals surface area contributed by atoms with Gasteiger partial charge in [0.25, 0.3) is 5.91 Å². The van der Waals surface area contributed by atoms with Gasteiger partial charge in [0.15, 0.2) is 0 Å². The zero-order valence-electron chi connectivity index (χ0n) is 43.0. The van der Waals surface area contributed by atoms with Crippen LogP contribution in [0.4, 0.5) is 0 Å². The summed E-state index contributed by atoms with van der Waals surface area (Å²) in [5.74, 6) is -0.551. The Kier molecular flexibility index (Phi) is 15.6. The van der Waals surface area contributed by atoms with Crippen molar-refractivity contribution >= 4 is 46.6 Å². The minimum absolute atomic E-state index is 0.0111. The van der Waals surface area contributed by atoms with Gasteiger partial charge in [0.05, 0.1) is 50.9 Å². The van der Waals surface area contributed by atoms with Crippen molar-refractivity contribution < 1.29 is 29.0 Å². The number of amides is 4. The van der Waals surface area contributed by atoms with Crippen molar-refractivity contribution in [2.45, 2.75) is 143 Å². The molecule has 2 aromatic carbocycles. The van der Waals surface area contributed by atoms with E-state index in [1.54, 1.807) is 35.7 Å². The number of thiazole rings is 1. The van der Waals surface area contributed by atoms with E-state index in [4.69, 9.17) is 16.3 Å². The fourth-order valence-electron chi connectivity index (χ4n) is 11.9. The van der Waals surface area contributed by atoms with E-state index in [0.717, 1.165) is 72.7 Å². The highest BCUT2D eigenvalue weighted by atomic mass is 35.5. The van der Waals surface area contributed by atoms with Gasteiger partial charge in [-0.15, -0.1) is 11.3 Å². The third-order valence-corrected chi connectivity index (χ3v) is 16.8. The molecule has 4 fully saturated rings. The Hall–Kier alpha value is -5.44. The molecule has 15 nitrogen and oxygen atoms in total. The number of aliphatic hydroxyl groups excluding tert-OH is 1. The fraction of sp³-hybridized carbons (Fsp3) is 0.545. The lowest BCUT2D eigenvalue weighted by Gasteiger charge is -2.63. The molecular weight excluding hydrogens is 950 g/mol. The molecule has 0 spiro atoms. The molecule has 1 aliphatic carbocycles. The van der Waals surface area contributed by atoms with E-state index in [1.807, 2.05) is 76.5 Å². The van der Waals surface area contributed by atoms with Crippen molar-refractivity contribution in [2.75, 3.05) is 32.7 Å². The molecule has 2 bridgehead atoms. The maximum atomic E-state index is 14.4. The summed E-state index contributed by atoms with van der Waals surface area (Å²) in [4.78, 5) is 71.9. The van der Waals surface area contributed by atoms with Gasteiger partial charge in [-0.3, -0.25) is 29.1 Å². The number of aliphatic hydroxyl groups is 1. The van der Waals surface area contributed by atoms with Crippen LogP contribution in [0.5, 0.6) is 5.75 Å². The number of halogens is 1. The van der Waals surface area contributed by atoms with Crippen LogP contribution in [0.1, 0.15) is 120 Å². The van der Waals surface area contributed by atoms with Gasteiger partial charge in [0.1, 0.15) is 30.0 Å². The van der Waals surface area contributed by atoms with Gasteiger partial charge in [-0.25, -0.2) is 4.98 Å². The van der Waals surface area contributed by atoms with Crippen LogP contribution in [-0.2, 0) is 20.8 Å². The summed E-state index contributed by atoms with van der Waals surface area (Å²) < 4.78 is 6.38. The molecule has 2 aromatic heterocycles. The highest BCUT2D eigenvalue weighted by Gasteiger charge is 2.64. The minimum Gasteiger partial charge on any atom is -0.489 e. The molecular formula is C55H70ClN9O6S. The Bertz CT molecular complexity index is 2650. The molecule has 8 rings (SSSR count). The summed E-state index contributed by atoms with van der Waals surface area (Å²) in [6.45, 7) is 20.7. The Morgan fingerprint density at radius 2 is 1.67 bits per heavy atom. The first-order chi connectivity index (χ1) is 34.0. The van der Waals surface area contributed by atoms with Crippen molar-refractivity contribution in [3.8, 4) is 22.3 Å². The number of nitriles is 1. The first-order valence-corrected chi connectivity index (χ1v) is 26.5. The molecule has 4 amide bonds. The summed E-state index contributed by atoms with van der Waals surface area (Å²) in [6, 6.07) is 17.0. The summed E-state index contributed by atoms with van der Waals surface area (Å²) in [5.41, 5.74) is 5.13. The number of carbonyl (C=O) groups is 4. The van der Waals surface area contributed by atoms with E-state index in [9.17, 15) is 29.5 Å². The first-order valence-electron chi connectivity index (χ1n) is 25.2. The van der Waals surface area contributed by atoms with Gasteiger partial charge in [0, 0.05) is 73.0 Å². The third kappa shape index (κ3) is 11.2. The second kappa shape index (κ2) is 21.2. The summed E-state index contributed by atoms with van der Waals surface area (Å²) in [7, 11) is 0. The standard InChI is InChI=1S/C55H70ClN9O6S/c1-32(34-12-14-35(15-13-34)46-33(2)59-31-72-46)60-49(69)44-23-41(66)29-65(44)50(70)47(53(3,4)5)61-45(67)30-64-39-19-20-40(64)28-63(27-39)22-10-11-38-18-16-37(26-58-38)48(68)62-51-54(6,7)52(55(51,8)9)71-42-21-17-36(25-57)43(56)24-42/h12-18,21,24,26,31-32,39-41,44,47,51-52,66H,10-11,19-20,22-23,27-30H2,1-9H3,(H,60,69)(H,61,67)(H,62,68)/t32-,39?,40?,41+,44-,47?,51?,52?/m0/s1. The first kappa shape index (κ1) is 52.9. The number of piperazine rings is 1.